The van der Waals surface area contributed by atoms with Gasteiger partial charge in [-0.3, -0.25) is 0 Å². The Morgan fingerprint density at radius 2 is 1.74 bits per heavy atom. The molecule has 1 unspecified atom stereocenters. The van der Waals surface area contributed by atoms with E-state index in [0.717, 1.165) is 11.0 Å². The van der Waals surface area contributed by atoms with E-state index in [-0.39, 0.29) is 6.10 Å². The Hall–Kier alpha value is -0.0900. The maximum absolute atomic E-state index is 6.06. The summed E-state index contributed by atoms with van der Waals surface area (Å²) in [6.45, 7) is 5.33. The van der Waals surface area contributed by atoms with Crippen LogP contribution >= 0.6 is 22.6 Å². The topological polar surface area (TPSA) is 9.23 Å². The number of halogens is 1. The van der Waals surface area contributed by atoms with Crippen LogP contribution in [0, 0.1) is 6.92 Å². The Labute approximate surface area is 132 Å². The molecule has 0 fully saturated rings. The third-order valence-corrected chi connectivity index (χ3v) is 4.29. The van der Waals surface area contributed by atoms with Crippen LogP contribution in [0.2, 0.25) is 0 Å². The van der Waals surface area contributed by atoms with E-state index >= 15 is 0 Å². The molecule has 0 aliphatic heterocycles. The third kappa shape index (κ3) is 6.75. The molecule has 19 heavy (non-hydrogen) atoms. The van der Waals surface area contributed by atoms with Crippen molar-refractivity contribution in [3.63, 3.8) is 0 Å². The third-order valence-electron chi connectivity index (χ3n) is 3.49. The Morgan fingerprint density at radius 3 is 2.42 bits per heavy atom. The number of unbranched alkanes of at least 4 members (excludes halogenated alkanes) is 5. The molecule has 0 heterocycles. The van der Waals surface area contributed by atoms with Crippen LogP contribution in [0.3, 0.4) is 0 Å². The lowest BCUT2D eigenvalue weighted by Crippen LogP contribution is -2.08. The first kappa shape index (κ1) is 17.0. The summed E-state index contributed by atoms with van der Waals surface area (Å²) in [5.41, 5.74) is 2.69. The van der Waals surface area contributed by atoms with Gasteiger partial charge in [0, 0.05) is 11.0 Å². The summed E-state index contributed by atoms with van der Waals surface area (Å²) in [7, 11) is 0. The van der Waals surface area contributed by atoms with Gasteiger partial charge >= 0.3 is 0 Å². The molecule has 0 saturated carbocycles. The molecule has 0 amide bonds. The fourth-order valence-electron chi connectivity index (χ4n) is 2.27. The zero-order chi connectivity index (χ0) is 13.9. The van der Waals surface area contributed by atoms with E-state index in [2.05, 4.69) is 60.7 Å². The van der Waals surface area contributed by atoms with Crippen LogP contribution < -0.4 is 0 Å². The largest absolute Gasteiger partial charge is 0.373 e. The molecule has 0 saturated heterocycles. The minimum Gasteiger partial charge on any atom is -0.373 e. The summed E-state index contributed by atoms with van der Waals surface area (Å²) in [5.74, 6) is 0. The second-order valence-electron chi connectivity index (χ2n) is 5.14. The molecule has 0 aliphatic rings. The molecular formula is C17H27IO. The monoisotopic (exact) mass is 374 g/mol. The SMILES string of the molecule is CCCCCCCCOC(CI)c1ccccc1C. The van der Waals surface area contributed by atoms with Crippen LogP contribution in [0.4, 0.5) is 0 Å². The molecule has 1 aromatic rings. The summed E-state index contributed by atoms with van der Waals surface area (Å²) in [5, 5.41) is 0. The van der Waals surface area contributed by atoms with Gasteiger partial charge < -0.3 is 4.74 Å². The fourth-order valence-corrected chi connectivity index (χ4v) is 3.00. The van der Waals surface area contributed by atoms with Crippen LogP contribution in [0.25, 0.3) is 0 Å². The quantitative estimate of drug-likeness (QED) is 0.284. The molecular weight excluding hydrogens is 347 g/mol. The Balaban J connectivity index is 2.24. The van der Waals surface area contributed by atoms with Crippen molar-refractivity contribution in [1.29, 1.82) is 0 Å². The molecule has 0 bridgehead atoms. The minimum atomic E-state index is 0.262. The first-order valence-corrected chi connectivity index (χ1v) is 9.05. The average Bonchev–Trinajstić information content (AvgIpc) is 2.43. The highest BCUT2D eigenvalue weighted by Gasteiger charge is 2.12. The average molecular weight is 374 g/mol. The van der Waals surface area contributed by atoms with Gasteiger partial charge in [0.05, 0.1) is 6.10 Å². The van der Waals surface area contributed by atoms with Crippen molar-refractivity contribution in [2.45, 2.75) is 58.5 Å². The van der Waals surface area contributed by atoms with Crippen LogP contribution in [0.15, 0.2) is 24.3 Å². The van der Waals surface area contributed by atoms with Crippen molar-refractivity contribution in [2.75, 3.05) is 11.0 Å². The normalized spacial score (nSPS) is 12.6. The molecule has 0 radical (unpaired) electrons. The van der Waals surface area contributed by atoms with Gasteiger partial charge in [0.25, 0.3) is 0 Å². The zero-order valence-electron chi connectivity index (χ0n) is 12.3. The Morgan fingerprint density at radius 1 is 1.05 bits per heavy atom. The van der Waals surface area contributed by atoms with Gasteiger partial charge in [-0.25, -0.2) is 0 Å². The number of rotatable bonds is 10. The maximum Gasteiger partial charge on any atom is 0.0916 e. The molecule has 1 atom stereocenters. The molecule has 0 aliphatic carbocycles. The maximum atomic E-state index is 6.06. The van der Waals surface area contributed by atoms with Crippen molar-refractivity contribution in [3.8, 4) is 0 Å². The Bertz CT molecular complexity index is 338. The first-order chi connectivity index (χ1) is 9.29. The number of alkyl halides is 1. The highest BCUT2D eigenvalue weighted by Crippen LogP contribution is 2.23. The fraction of sp³-hybridized carbons (Fsp3) is 0.647. The van der Waals surface area contributed by atoms with Gasteiger partial charge in [0.1, 0.15) is 0 Å². The summed E-state index contributed by atoms with van der Waals surface area (Å²) < 4.78 is 7.08. The summed E-state index contributed by atoms with van der Waals surface area (Å²) in [6, 6.07) is 8.56. The lowest BCUT2D eigenvalue weighted by molar-refractivity contribution is 0.0675. The van der Waals surface area contributed by atoms with Crippen molar-refractivity contribution >= 4 is 22.6 Å². The van der Waals surface area contributed by atoms with Gasteiger partial charge in [0.2, 0.25) is 0 Å². The van der Waals surface area contributed by atoms with Crippen LogP contribution in [0.5, 0.6) is 0 Å². The zero-order valence-corrected chi connectivity index (χ0v) is 14.5. The highest BCUT2D eigenvalue weighted by molar-refractivity contribution is 14.1. The van der Waals surface area contributed by atoms with Crippen molar-refractivity contribution < 1.29 is 4.74 Å². The number of hydrogen-bond acceptors (Lipinski definition) is 1. The van der Waals surface area contributed by atoms with Gasteiger partial charge in [-0.05, 0) is 24.5 Å². The van der Waals surface area contributed by atoms with E-state index < -0.39 is 0 Å². The predicted octanol–water partition coefficient (Wildman–Crippen LogP) is 5.85. The Kier molecular flexibility index (Phi) is 9.52. The number of aryl methyl sites for hydroxylation is 1. The summed E-state index contributed by atoms with van der Waals surface area (Å²) >= 11 is 2.42. The number of ether oxygens (including phenoxy) is 1. The van der Waals surface area contributed by atoms with E-state index in [9.17, 15) is 0 Å². The van der Waals surface area contributed by atoms with E-state index in [1.54, 1.807) is 0 Å². The second-order valence-corrected chi connectivity index (χ2v) is 6.02. The molecule has 0 N–H and O–H groups in total. The lowest BCUT2D eigenvalue weighted by Gasteiger charge is -2.18. The van der Waals surface area contributed by atoms with E-state index in [1.165, 1.54) is 49.7 Å². The smallest absolute Gasteiger partial charge is 0.0916 e. The molecule has 1 nitrogen and oxygen atoms in total. The van der Waals surface area contributed by atoms with Crippen molar-refractivity contribution in [2.24, 2.45) is 0 Å². The summed E-state index contributed by atoms with van der Waals surface area (Å²) in [6.07, 6.45) is 8.20. The van der Waals surface area contributed by atoms with Crippen molar-refractivity contribution in [1.82, 2.24) is 0 Å². The first-order valence-electron chi connectivity index (χ1n) is 7.52. The molecule has 0 spiro atoms. The number of hydrogen-bond donors (Lipinski definition) is 0. The van der Waals surface area contributed by atoms with Gasteiger partial charge in [-0.2, -0.15) is 0 Å². The molecule has 1 rings (SSSR count). The molecule has 1 aromatic carbocycles. The second kappa shape index (κ2) is 10.7. The standard InChI is InChI=1S/C17H27IO/c1-3-4-5-6-7-10-13-19-17(14-18)16-12-9-8-11-15(16)2/h8-9,11-12,17H,3-7,10,13-14H2,1-2H3. The van der Waals surface area contributed by atoms with E-state index in [4.69, 9.17) is 4.74 Å². The van der Waals surface area contributed by atoms with Gasteiger partial charge in [-0.1, -0.05) is 85.9 Å². The lowest BCUT2D eigenvalue weighted by atomic mass is 10.0. The van der Waals surface area contributed by atoms with E-state index in [1.807, 2.05) is 0 Å². The van der Waals surface area contributed by atoms with Crippen LogP contribution in [-0.2, 0) is 4.74 Å². The van der Waals surface area contributed by atoms with Gasteiger partial charge in [-0.15, -0.1) is 0 Å². The molecule has 2 heteroatoms. The highest BCUT2D eigenvalue weighted by atomic mass is 127. The minimum absolute atomic E-state index is 0.262. The predicted molar refractivity (Wildman–Crippen MR) is 92.1 cm³/mol. The number of benzene rings is 1. The van der Waals surface area contributed by atoms with E-state index in [0.29, 0.717) is 0 Å². The van der Waals surface area contributed by atoms with Crippen LogP contribution in [-0.4, -0.2) is 11.0 Å². The van der Waals surface area contributed by atoms with Gasteiger partial charge in [0.15, 0.2) is 0 Å². The molecule has 0 aromatic heterocycles. The molecule has 108 valence electrons. The van der Waals surface area contributed by atoms with Crippen molar-refractivity contribution in [3.05, 3.63) is 35.4 Å². The van der Waals surface area contributed by atoms with Crippen LogP contribution in [0.1, 0.15) is 62.7 Å². The summed E-state index contributed by atoms with van der Waals surface area (Å²) in [4.78, 5) is 0.